The van der Waals surface area contributed by atoms with Crippen LogP contribution in [0.1, 0.15) is 0 Å². The molecule has 0 fully saturated rings. The first kappa shape index (κ1) is 21.5. The minimum Gasteiger partial charge on any atom is -0.325 e. The van der Waals surface area contributed by atoms with Crippen LogP contribution in [0.25, 0.3) is 0 Å². The highest BCUT2D eigenvalue weighted by atomic mass is 35.5. The van der Waals surface area contributed by atoms with Crippen molar-refractivity contribution in [2.24, 2.45) is 0 Å². The van der Waals surface area contributed by atoms with Crippen molar-refractivity contribution in [2.45, 2.75) is 4.90 Å². The van der Waals surface area contributed by atoms with Crippen LogP contribution in [-0.4, -0.2) is 20.9 Å². The lowest BCUT2D eigenvalue weighted by Gasteiger charge is -2.24. The van der Waals surface area contributed by atoms with Crippen LogP contribution < -0.4 is 9.62 Å². The molecule has 0 heterocycles. The van der Waals surface area contributed by atoms with Crippen molar-refractivity contribution in [3.63, 3.8) is 0 Å². The number of carbonyl (C=O) groups excluding carboxylic acids is 1. The number of amides is 1. The van der Waals surface area contributed by atoms with Crippen molar-refractivity contribution in [3.05, 3.63) is 87.9 Å². The number of nitrogens with zero attached hydrogens (tertiary/aromatic N) is 1. The molecule has 1 amide bonds. The minimum absolute atomic E-state index is 0.0466. The summed E-state index contributed by atoms with van der Waals surface area (Å²) in [4.78, 5) is 12.6. The summed E-state index contributed by atoms with van der Waals surface area (Å²) in [6.45, 7) is -0.461. The van der Waals surface area contributed by atoms with Crippen LogP contribution in [0.4, 0.5) is 11.4 Å². The van der Waals surface area contributed by atoms with Gasteiger partial charge in [0.15, 0.2) is 0 Å². The van der Waals surface area contributed by atoms with Crippen molar-refractivity contribution < 1.29 is 13.2 Å². The number of hydrogen-bond acceptors (Lipinski definition) is 3. The molecule has 3 rings (SSSR count). The quantitative estimate of drug-likeness (QED) is 0.520. The molecule has 0 aliphatic rings. The molecule has 3 aromatic rings. The molecule has 0 atom stereocenters. The fraction of sp³-hybridized carbons (Fsp3) is 0.0500. The molecule has 3 aromatic carbocycles. The summed E-state index contributed by atoms with van der Waals surface area (Å²) in [5, 5.41) is 3.63. The second-order valence-electron chi connectivity index (χ2n) is 5.98. The molecule has 1 N–H and O–H groups in total. The molecule has 0 aromatic heterocycles. The molecule has 29 heavy (non-hydrogen) atoms. The summed E-state index contributed by atoms with van der Waals surface area (Å²) < 4.78 is 27.4. The van der Waals surface area contributed by atoms with Gasteiger partial charge >= 0.3 is 0 Å². The molecule has 5 nitrogen and oxygen atoms in total. The summed E-state index contributed by atoms with van der Waals surface area (Å²) in [5.41, 5.74) is 0.708. The first-order valence-corrected chi connectivity index (χ1v) is 10.9. The standard InChI is InChI=1S/C20H15Cl3N2O3S/c21-14-6-8-15(9-7-14)24-20(26)13-25(16-10-11-18(22)19(23)12-16)29(27,28)17-4-2-1-3-5-17/h1-12H,13H2,(H,24,26). The van der Waals surface area contributed by atoms with E-state index in [-0.39, 0.29) is 20.6 Å². The van der Waals surface area contributed by atoms with Gasteiger partial charge in [0.05, 0.1) is 20.6 Å². The van der Waals surface area contributed by atoms with E-state index < -0.39 is 22.5 Å². The Kier molecular flexibility index (Phi) is 6.70. The lowest BCUT2D eigenvalue weighted by molar-refractivity contribution is -0.114. The number of halogens is 3. The van der Waals surface area contributed by atoms with Gasteiger partial charge in [-0.05, 0) is 54.6 Å². The molecular weight excluding hydrogens is 455 g/mol. The normalized spacial score (nSPS) is 11.1. The Morgan fingerprint density at radius 1 is 0.862 bits per heavy atom. The van der Waals surface area contributed by atoms with Crippen LogP contribution in [-0.2, 0) is 14.8 Å². The second kappa shape index (κ2) is 9.05. The van der Waals surface area contributed by atoms with Gasteiger partial charge in [-0.1, -0.05) is 53.0 Å². The Balaban J connectivity index is 1.95. The van der Waals surface area contributed by atoms with Crippen molar-refractivity contribution in [2.75, 3.05) is 16.2 Å². The Bertz CT molecular complexity index is 1120. The third-order valence-corrected chi connectivity index (χ3v) is 6.72. The number of nitrogens with one attached hydrogen (secondary N) is 1. The lowest BCUT2D eigenvalue weighted by atomic mass is 10.3. The van der Waals surface area contributed by atoms with Crippen LogP contribution in [0.3, 0.4) is 0 Å². The number of carbonyl (C=O) groups is 1. The summed E-state index contributed by atoms with van der Waals surface area (Å²) in [5.74, 6) is -0.530. The Morgan fingerprint density at radius 3 is 2.14 bits per heavy atom. The van der Waals surface area contributed by atoms with E-state index in [2.05, 4.69) is 5.32 Å². The Labute approximate surface area is 183 Å². The lowest BCUT2D eigenvalue weighted by Crippen LogP contribution is -2.38. The van der Waals surface area contributed by atoms with Gasteiger partial charge in [0.2, 0.25) is 5.91 Å². The molecular formula is C20H15Cl3N2O3S. The SMILES string of the molecule is O=C(CN(c1ccc(Cl)c(Cl)c1)S(=O)(=O)c1ccccc1)Nc1ccc(Cl)cc1. The van der Waals surface area contributed by atoms with Crippen molar-refractivity contribution >= 4 is 62.1 Å². The molecule has 9 heteroatoms. The zero-order valence-corrected chi connectivity index (χ0v) is 17.9. The maximum atomic E-state index is 13.2. The number of sulfonamides is 1. The van der Waals surface area contributed by atoms with Crippen molar-refractivity contribution in [1.29, 1.82) is 0 Å². The second-order valence-corrected chi connectivity index (χ2v) is 9.09. The van der Waals surface area contributed by atoms with E-state index in [9.17, 15) is 13.2 Å². The summed E-state index contributed by atoms with van der Waals surface area (Å²) in [6.07, 6.45) is 0. The fourth-order valence-electron chi connectivity index (χ4n) is 2.54. The summed E-state index contributed by atoms with van der Waals surface area (Å²) >= 11 is 17.9. The van der Waals surface area contributed by atoms with Gasteiger partial charge in [-0.2, -0.15) is 0 Å². The summed E-state index contributed by atoms with van der Waals surface area (Å²) in [7, 11) is -4.03. The zero-order valence-electron chi connectivity index (χ0n) is 14.8. The average molecular weight is 470 g/mol. The van der Waals surface area contributed by atoms with E-state index in [0.717, 1.165) is 4.31 Å². The summed E-state index contributed by atoms with van der Waals surface area (Å²) in [6, 6.07) is 18.7. The number of anilines is 2. The third kappa shape index (κ3) is 5.22. The molecule has 0 aliphatic heterocycles. The molecule has 0 unspecified atom stereocenters. The van der Waals surface area contributed by atoms with Crippen LogP contribution in [0, 0.1) is 0 Å². The van der Waals surface area contributed by atoms with E-state index in [4.69, 9.17) is 34.8 Å². The minimum atomic E-state index is -4.03. The number of benzene rings is 3. The predicted octanol–water partition coefficient (Wildman–Crippen LogP) is 5.48. The van der Waals surface area contributed by atoms with Crippen molar-refractivity contribution in [3.8, 4) is 0 Å². The van der Waals surface area contributed by atoms with Gasteiger partial charge in [-0.25, -0.2) is 8.42 Å². The van der Waals surface area contributed by atoms with E-state index in [1.807, 2.05) is 0 Å². The maximum Gasteiger partial charge on any atom is 0.264 e. The van der Waals surface area contributed by atoms with E-state index in [1.54, 1.807) is 42.5 Å². The number of hydrogen-bond donors (Lipinski definition) is 1. The first-order valence-electron chi connectivity index (χ1n) is 8.35. The Hall–Kier alpha value is -2.25. The zero-order chi connectivity index (χ0) is 21.0. The fourth-order valence-corrected chi connectivity index (χ4v) is 4.39. The Morgan fingerprint density at radius 2 is 1.52 bits per heavy atom. The maximum absolute atomic E-state index is 13.2. The van der Waals surface area contributed by atoms with Gasteiger partial charge in [-0.15, -0.1) is 0 Å². The van der Waals surface area contributed by atoms with E-state index >= 15 is 0 Å². The van der Waals surface area contributed by atoms with E-state index in [0.29, 0.717) is 10.7 Å². The predicted molar refractivity (Wildman–Crippen MR) is 118 cm³/mol. The third-order valence-electron chi connectivity index (χ3n) is 3.94. The molecule has 0 saturated carbocycles. The highest BCUT2D eigenvalue weighted by Gasteiger charge is 2.27. The van der Waals surface area contributed by atoms with Gasteiger partial charge < -0.3 is 5.32 Å². The van der Waals surface area contributed by atoms with Crippen LogP contribution >= 0.6 is 34.8 Å². The largest absolute Gasteiger partial charge is 0.325 e. The van der Waals surface area contributed by atoms with Crippen LogP contribution in [0.2, 0.25) is 15.1 Å². The van der Waals surface area contributed by atoms with Gasteiger partial charge in [-0.3, -0.25) is 9.10 Å². The topological polar surface area (TPSA) is 66.5 Å². The van der Waals surface area contributed by atoms with Gasteiger partial charge in [0.25, 0.3) is 10.0 Å². The number of rotatable bonds is 6. The average Bonchev–Trinajstić information content (AvgIpc) is 2.71. The monoisotopic (exact) mass is 468 g/mol. The molecule has 0 spiro atoms. The smallest absolute Gasteiger partial charge is 0.264 e. The molecule has 0 bridgehead atoms. The molecule has 0 radical (unpaired) electrons. The van der Waals surface area contributed by atoms with Crippen molar-refractivity contribution in [1.82, 2.24) is 0 Å². The first-order chi connectivity index (χ1) is 13.8. The van der Waals surface area contributed by atoms with Crippen LogP contribution in [0.5, 0.6) is 0 Å². The van der Waals surface area contributed by atoms with Gasteiger partial charge in [0.1, 0.15) is 6.54 Å². The highest BCUT2D eigenvalue weighted by Crippen LogP contribution is 2.30. The van der Waals surface area contributed by atoms with Crippen LogP contribution in [0.15, 0.2) is 77.7 Å². The van der Waals surface area contributed by atoms with Gasteiger partial charge in [0, 0.05) is 10.7 Å². The molecule has 0 aliphatic carbocycles. The highest BCUT2D eigenvalue weighted by molar-refractivity contribution is 7.92. The molecule has 150 valence electrons. The van der Waals surface area contributed by atoms with E-state index in [1.165, 1.54) is 30.3 Å². The molecule has 0 saturated heterocycles.